The van der Waals surface area contributed by atoms with Crippen LogP contribution in [0, 0.1) is 10.1 Å². The summed E-state index contributed by atoms with van der Waals surface area (Å²) in [6, 6.07) is 18.9. The molecule has 1 heterocycles. The molecule has 0 bridgehead atoms. The number of hydrogen-bond acceptors (Lipinski definition) is 4. The van der Waals surface area contributed by atoms with E-state index in [1.807, 2.05) is 30.3 Å². The molecule has 4 rings (SSSR count). The van der Waals surface area contributed by atoms with Gasteiger partial charge in [-0.15, -0.1) is 0 Å². The molecule has 3 aromatic carbocycles. The van der Waals surface area contributed by atoms with Crippen LogP contribution in [0.4, 0.5) is 22.7 Å². The number of para-hydroxylation sites is 2. The normalized spacial score (nSPS) is 12.4. The van der Waals surface area contributed by atoms with E-state index in [1.165, 1.54) is 25.1 Å². The van der Waals surface area contributed by atoms with E-state index in [-0.39, 0.29) is 17.2 Å². The van der Waals surface area contributed by atoms with Crippen molar-refractivity contribution in [3.05, 3.63) is 93.5 Å². The van der Waals surface area contributed by atoms with Crippen LogP contribution in [-0.4, -0.2) is 16.7 Å². The molecule has 0 radical (unpaired) electrons. The van der Waals surface area contributed by atoms with Crippen LogP contribution in [0.5, 0.6) is 0 Å². The summed E-state index contributed by atoms with van der Waals surface area (Å²) in [6.45, 7) is 1.50. The average Bonchev–Trinajstić information content (AvgIpc) is 2.90. The largest absolute Gasteiger partial charge is 0.322 e. The minimum atomic E-state index is -0.583. The van der Waals surface area contributed by atoms with Gasteiger partial charge in [0.1, 0.15) is 5.56 Å². The fourth-order valence-electron chi connectivity index (χ4n) is 3.76. The minimum Gasteiger partial charge on any atom is -0.322 e. The number of hydrogen-bond donors (Lipinski definition) is 1. The van der Waals surface area contributed by atoms with Crippen molar-refractivity contribution in [1.82, 2.24) is 0 Å². The molecule has 0 spiro atoms. The number of anilines is 3. The lowest BCUT2D eigenvalue weighted by Crippen LogP contribution is -2.24. The fourth-order valence-corrected chi connectivity index (χ4v) is 3.76. The molecule has 3 aromatic rings. The average molecular weight is 401 g/mol. The molecule has 2 amide bonds. The van der Waals surface area contributed by atoms with Gasteiger partial charge in [0.15, 0.2) is 0 Å². The molecule has 0 fully saturated rings. The highest BCUT2D eigenvalue weighted by atomic mass is 16.6. The van der Waals surface area contributed by atoms with Gasteiger partial charge < -0.3 is 5.32 Å². The van der Waals surface area contributed by atoms with Gasteiger partial charge in [-0.05, 0) is 48.2 Å². The third-order valence-corrected chi connectivity index (χ3v) is 5.14. The molecule has 0 atom stereocenters. The zero-order chi connectivity index (χ0) is 21.3. The summed E-state index contributed by atoms with van der Waals surface area (Å²) in [6.07, 6.45) is 1.56. The van der Waals surface area contributed by atoms with Gasteiger partial charge in [-0.1, -0.05) is 36.4 Å². The lowest BCUT2D eigenvalue weighted by molar-refractivity contribution is -0.385. The zero-order valence-electron chi connectivity index (χ0n) is 16.3. The Bertz CT molecular complexity index is 1170. The molecule has 150 valence electrons. The highest BCUT2D eigenvalue weighted by Gasteiger charge is 2.25. The second-order valence-electron chi connectivity index (χ2n) is 7.06. The zero-order valence-corrected chi connectivity index (χ0v) is 16.3. The summed E-state index contributed by atoms with van der Waals surface area (Å²) in [4.78, 5) is 37.5. The molecule has 7 heteroatoms. The van der Waals surface area contributed by atoms with Gasteiger partial charge >= 0.3 is 0 Å². The predicted octanol–water partition coefficient (Wildman–Crippen LogP) is 4.63. The Hall–Kier alpha value is -4.00. The second-order valence-corrected chi connectivity index (χ2v) is 7.06. The summed E-state index contributed by atoms with van der Waals surface area (Å²) in [5, 5.41) is 14.0. The number of nitro groups is 1. The maximum atomic E-state index is 12.7. The summed E-state index contributed by atoms with van der Waals surface area (Å²) in [5.41, 5.74) is 3.77. The molecule has 1 aliphatic rings. The van der Waals surface area contributed by atoms with Crippen LogP contribution in [0.1, 0.15) is 28.4 Å². The SMILES string of the molecule is CC(=O)N1c2ccccc2CCc2ccc(NC(=O)c3ccccc3[N+](=O)[O-])cc21. The molecule has 0 saturated heterocycles. The van der Waals surface area contributed by atoms with Crippen LogP contribution in [0.3, 0.4) is 0 Å². The molecule has 1 N–H and O–H groups in total. The summed E-state index contributed by atoms with van der Waals surface area (Å²) < 4.78 is 0. The summed E-state index contributed by atoms with van der Waals surface area (Å²) >= 11 is 0. The van der Waals surface area contributed by atoms with Crippen molar-refractivity contribution in [3.8, 4) is 0 Å². The van der Waals surface area contributed by atoms with Crippen LogP contribution in [0.15, 0.2) is 66.7 Å². The van der Waals surface area contributed by atoms with E-state index < -0.39 is 10.8 Å². The highest BCUT2D eigenvalue weighted by Crippen LogP contribution is 2.37. The van der Waals surface area contributed by atoms with Gasteiger partial charge in [0.05, 0.1) is 16.3 Å². The Kier molecular flexibility index (Phi) is 5.02. The topological polar surface area (TPSA) is 92.6 Å². The van der Waals surface area contributed by atoms with Crippen molar-refractivity contribution in [2.75, 3.05) is 10.2 Å². The Morgan fingerprint density at radius 3 is 2.33 bits per heavy atom. The van der Waals surface area contributed by atoms with Crippen LogP contribution < -0.4 is 10.2 Å². The molecule has 7 nitrogen and oxygen atoms in total. The van der Waals surface area contributed by atoms with Gasteiger partial charge in [0.2, 0.25) is 5.91 Å². The van der Waals surface area contributed by atoms with Crippen molar-refractivity contribution in [2.24, 2.45) is 0 Å². The number of carbonyl (C=O) groups is 2. The molecule has 0 saturated carbocycles. The molecule has 1 aliphatic heterocycles. The van der Waals surface area contributed by atoms with Gasteiger partial charge in [0, 0.05) is 18.7 Å². The van der Waals surface area contributed by atoms with Crippen molar-refractivity contribution in [3.63, 3.8) is 0 Å². The molecular weight excluding hydrogens is 382 g/mol. The number of amides is 2. The highest BCUT2D eigenvalue weighted by molar-refractivity contribution is 6.08. The van der Waals surface area contributed by atoms with Gasteiger partial charge in [-0.2, -0.15) is 0 Å². The van der Waals surface area contributed by atoms with Crippen molar-refractivity contribution in [1.29, 1.82) is 0 Å². The van der Waals surface area contributed by atoms with E-state index in [2.05, 4.69) is 5.32 Å². The fraction of sp³-hybridized carbons (Fsp3) is 0.130. The van der Waals surface area contributed by atoms with Gasteiger partial charge in [0.25, 0.3) is 11.6 Å². The van der Waals surface area contributed by atoms with Crippen molar-refractivity contribution >= 4 is 34.6 Å². The number of nitrogens with zero attached hydrogens (tertiary/aromatic N) is 2. The standard InChI is InChI=1S/C23H19N3O4/c1-15(27)25-20-8-4-2-6-16(20)10-11-17-12-13-18(14-22(17)25)24-23(28)19-7-3-5-9-21(19)26(29)30/h2-9,12-14H,10-11H2,1H3,(H,24,28). The van der Waals surface area contributed by atoms with E-state index >= 15 is 0 Å². The third kappa shape index (κ3) is 3.53. The Balaban J connectivity index is 1.72. The van der Waals surface area contributed by atoms with E-state index in [4.69, 9.17) is 0 Å². The number of nitrogens with one attached hydrogen (secondary N) is 1. The van der Waals surface area contributed by atoms with E-state index in [9.17, 15) is 19.7 Å². The molecular formula is C23H19N3O4. The van der Waals surface area contributed by atoms with E-state index in [0.29, 0.717) is 11.4 Å². The Labute approximate surface area is 173 Å². The van der Waals surface area contributed by atoms with Crippen molar-refractivity contribution in [2.45, 2.75) is 19.8 Å². The van der Waals surface area contributed by atoms with Gasteiger partial charge in [-0.25, -0.2) is 0 Å². The van der Waals surface area contributed by atoms with Crippen LogP contribution in [0.2, 0.25) is 0 Å². The number of rotatable bonds is 3. The molecule has 30 heavy (non-hydrogen) atoms. The second kappa shape index (κ2) is 7.79. The monoisotopic (exact) mass is 401 g/mol. The summed E-state index contributed by atoms with van der Waals surface area (Å²) in [5.74, 6) is -0.710. The first-order valence-electron chi connectivity index (χ1n) is 9.52. The minimum absolute atomic E-state index is 0.0220. The smallest absolute Gasteiger partial charge is 0.282 e. The van der Waals surface area contributed by atoms with E-state index in [0.717, 1.165) is 29.7 Å². The Morgan fingerprint density at radius 1 is 0.933 bits per heavy atom. The maximum absolute atomic E-state index is 12.7. The first-order chi connectivity index (χ1) is 14.5. The van der Waals surface area contributed by atoms with Crippen LogP contribution >= 0.6 is 0 Å². The van der Waals surface area contributed by atoms with E-state index in [1.54, 1.807) is 23.1 Å². The number of benzene rings is 3. The maximum Gasteiger partial charge on any atom is 0.282 e. The molecule has 0 aromatic heterocycles. The van der Waals surface area contributed by atoms with Crippen LogP contribution in [0.25, 0.3) is 0 Å². The first-order valence-corrected chi connectivity index (χ1v) is 9.52. The van der Waals surface area contributed by atoms with Gasteiger partial charge in [-0.3, -0.25) is 24.6 Å². The number of nitro benzene ring substituents is 1. The quantitative estimate of drug-likeness (QED) is 0.511. The predicted molar refractivity (Wildman–Crippen MR) is 114 cm³/mol. The lowest BCUT2D eigenvalue weighted by atomic mass is 10.0. The third-order valence-electron chi connectivity index (χ3n) is 5.14. The lowest BCUT2D eigenvalue weighted by Gasteiger charge is -2.24. The van der Waals surface area contributed by atoms with Crippen molar-refractivity contribution < 1.29 is 14.5 Å². The number of aryl methyl sites for hydroxylation is 2. The molecule has 0 aliphatic carbocycles. The summed E-state index contributed by atoms with van der Waals surface area (Å²) in [7, 11) is 0. The first kappa shape index (κ1) is 19.3. The molecule has 0 unspecified atom stereocenters. The Morgan fingerprint density at radius 2 is 1.60 bits per heavy atom. The van der Waals surface area contributed by atoms with Crippen LogP contribution in [-0.2, 0) is 17.6 Å². The number of carbonyl (C=O) groups excluding carboxylic acids is 2. The number of fused-ring (bicyclic) bond motifs is 2.